The quantitative estimate of drug-likeness (QED) is 0.225. The zero-order valence-electron chi connectivity index (χ0n) is 16.8. The Labute approximate surface area is 190 Å². The Morgan fingerprint density at radius 3 is 2.67 bits per heavy atom. The lowest BCUT2D eigenvalue weighted by molar-refractivity contribution is -0.122. The molecule has 1 amide bonds. The van der Waals surface area contributed by atoms with Crippen LogP contribution in [-0.4, -0.2) is 31.5 Å². The van der Waals surface area contributed by atoms with Gasteiger partial charge in [0.2, 0.25) is 0 Å². The fourth-order valence-corrected chi connectivity index (χ4v) is 5.37. The third kappa shape index (κ3) is 4.58. The number of benzene rings is 1. The molecule has 1 aromatic carbocycles. The van der Waals surface area contributed by atoms with Crippen molar-refractivity contribution in [3.05, 3.63) is 64.5 Å². The Bertz CT molecular complexity index is 1050. The molecule has 0 radical (unpaired) electrons. The molecule has 4 nitrogen and oxygen atoms in total. The lowest BCUT2D eigenvalue weighted by Crippen LogP contribution is -2.28. The van der Waals surface area contributed by atoms with Crippen LogP contribution in [0.4, 0.5) is 0 Å². The molecule has 0 unspecified atom stereocenters. The number of rotatable bonds is 8. The van der Waals surface area contributed by atoms with Gasteiger partial charge in [0.25, 0.3) is 5.91 Å². The van der Waals surface area contributed by atoms with Crippen LogP contribution in [0.1, 0.15) is 38.2 Å². The Hall–Kier alpha value is -2.22. The fraction of sp³-hybridized carbons (Fsp3) is 0.261. The van der Waals surface area contributed by atoms with Gasteiger partial charge in [-0.1, -0.05) is 74.4 Å². The van der Waals surface area contributed by atoms with Crippen molar-refractivity contribution < 1.29 is 4.79 Å². The SMILES string of the molecule is CCCCCCN1C(=O)/C(=C/c2cn(-c3ccccc3)nc2-c2cccs2)SC1=S. The van der Waals surface area contributed by atoms with Crippen molar-refractivity contribution in [2.45, 2.75) is 32.6 Å². The molecule has 0 N–H and O–H groups in total. The average molecular weight is 454 g/mol. The minimum Gasteiger partial charge on any atom is -0.293 e. The van der Waals surface area contributed by atoms with Gasteiger partial charge in [-0.25, -0.2) is 4.68 Å². The van der Waals surface area contributed by atoms with E-state index in [1.807, 2.05) is 58.7 Å². The van der Waals surface area contributed by atoms with Gasteiger partial charge in [0.1, 0.15) is 10.0 Å². The summed E-state index contributed by atoms with van der Waals surface area (Å²) >= 11 is 8.52. The van der Waals surface area contributed by atoms with Crippen molar-refractivity contribution in [3.63, 3.8) is 0 Å². The molecule has 3 heterocycles. The van der Waals surface area contributed by atoms with E-state index in [1.165, 1.54) is 24.6 Å². The summed E-state index contributed by atoms with van der Waals surface area (Å²) in [5.74, 6) is 0.00564. The number of para-hydroxylation sites is 1. The number of nitrogens with zero attached hydrogens (tertiary/aromatic N) is 3. The van der Waals surface area contributed by atoms with Crippen molar-refractivity contribution in [3.8, 4) is 16.3 Å². The predicted molar refractivity (Wildman–Crippen MR) is 131 cm³/mol. The van der Waals surface area contributed by atoms with Gasteiger partial charge in [0.05, 0.1) is 15.5 Å². The third-order valence-corrected chi connectivity index (χ3v) is 7.17. The molecule has 1 aliphatic heterocycles. The Morgan fingerprint density at radius 1 is 1.10 bits per heavy atom. The molecule has 3 aromatic rings. The normalized spacial score (nSPS) is 15.5. The van der Waals surface area contributed by atoms with E-state index in [4.69, 9.17) is 17.3 Å². The molecule has 1 fully saturated rings. The molecule has 154 valence electrons. The first-order chi connectivity index (χ1) is 14.7. The fourth-order valence-electron chi connectivity index (χ4n) is 3.34. The molecule has 0 atom stereocenters. The van der Waals surface area contributed by atoms with Gasteiger partial charge in [-0.15, -0.1) is 11.3 Å². The maximum Gasteiger partial charge on any atom is 0.266 e. The standard InChI is InChI=1S/C23H23N3OS3/c1-2-3-4-8-13-25-22(27)20(30-23(25)28)15-17-16-26(18-10-6-5-7-11-18)24-21(17)19-12-9-14-29-19/h5-7,9-12,14-16H,2-4,8,13H2,1H3/b20-15-. The highest BCUT2D eigenvalue weighted by Gasteiger charge is 2.32. The summed E-state index contributed by atoms with van der Waals surface area (Å²) in [7, 11) is 0. The summed E-state index contributed by atoms with van der Waals surface area (Å²) in [6.07, 6.45) is 8.40. The molecule has 0 spiro atoms. The first-order valence-corrected chi connectivity index (χ1v) is 12.2. The van der Waals surface area contributed by atoms with E-state index in [1.54, 1.807) is 16.2 Å². The Kier molecular flexibility index (Phi) is 6.82. The number of amides is 1. The summed E-state index contributed by atoms with van der Waals surface area (Å²) in [4.78, 5) is 16.5. The second kappa shape index (κ2) is 9.73. The van der Waals surface area contributed by atoms with Crippen LogP contribution in [0.5, 0.6) is 0 Å². The zero-order chi connectivity index (χ0) is 20.9. The summed E-state index contributed by atoms with van der Waals surface area (Å²) < 4.78 is 2.52. The van der Waals surface area contributed by atoms with Crippen LogP contribution in [0, 0.1) is 0 Å². The molecule has 4 rings (SSSR count). The predicted octanol–water partition coefficient (Wildman–Crippen LogP) is 6.38. The number of hydrogen-bond donors (Lipinski definition) is 0. The Balaban J connectivity index is 1.63. The lowest BCUT2D eigenvalue weighted by Gasteiger charge is -2.13. The largest absolute Gasteiger partial charge is 0.293 e. The second-order valence-electron chi connectivity index (χ2n) is 7.08. The average Bonchev–Trinajstić information content (AvgIpc) is 3.48. The minimum absolute atomic E-state index is 0.00564. The van der Waals surface area contributed by atoms with Gasteiger partial charge >= 0.3 is 0 Å². The number of thioether (sulfide) groups is 1. The molecular weight excluding hydrogens is 430 g/mol. The van der Waals surface area contributed by atoms with Gasteiger partial charge in [0, 0.05) is 18.3 Å². The molecule has 0 saturated carbocycles. The van der Waals surface area contributed by atoms with Gasteiger partial charge in [-0.05, 0) is 36.1 Å². The highest BCUT2D eigenvalue weighted by molar-refractivity contribution is 8.26. The third-order valence-electron chi connectivity index (χ3n) is 4.91. The summed E-state index contributed by atoms with van der Waals surface area (Å²) in [5, 5.41) is 6.85. The van der Waals surface area contributed by atoms with E-state index in [2.05, 4.69) is 13.0 Å². The number of carbonyl (C=O) groups excluding carboxylic acids is 1. The van der Waals surface area contributed by atoms with Gasteiger partial charge in [-0.2, -0.15) is 5.10 Å². The monoisotopic (exact) mass is 453 g/mol. The first kappa shape index (κ1) is 21.0. The Morgan fingerprint density at radius 2 is 1.93 bits per heavy atom. The smallest absolute Gasteiger partial charge is 0.266 e. The lowest BCUT2D eigenvalue weighted by atomic mass is 10.2. The van der Waals surface area contributed by atoms with E-state index >= 15 is 0 Å². The summed E-state index contributed by atoms with van der Waals surface area (Å²) in [6.45, 7) is 2.88. The maximum absolute atomic E-state index is 13.0. The molecule has 0 bridgehead atoms. The van der Waals surface area contributed by atoms with Crippen LogP contribution >= 0.6 is 35.3 Å². The second-order valence-corrected chi connectivity index (χ2v) is 9.71. The molecule has 7 heteroatoms. The molecule has 0 aliphatic carbocycles. The highest BCUT2D eigenvalue weighted by atomic mass is 32.2. The number of carbonyl (C=O) groups is 1. The molecule has 1 aliphatic rings. The minimum atomic E-state index is 0.00564. The summed E-state index contributed by atoms with van der Waals surface area (Å²) in [5.41, 5.74) is 2.79. The van der Waals surface area contributed by atoms with E-state index in [0.717, 1.165) is 34.7 Å². The maximum atomic E-state index is 13.0. The van der Waals surface area contributed by atoms with Crippen molar-refractivity contribution in [1.82, 2.24) is 14.7 Å². The van der Waals surface area contributed by atoms with Gasteiger partial charge in [-0.3, -0.25) is 9.69 Å². The van der Waals surface area contributed by atoms with Crippen LogP contribution < -0.4 is 0 Å². The first-order valence-electron chi connectivity index (χ1n) is 10.1. The highest BCUT2D eigenvalue weighted by Crippen LogP contribution is 2.36. The number of hydrogen-bond acceptors (Lipinski definition) is 5. The molecule has 30 heavy (non-hydrogen) atoms. The van der Waals surface area contributed by atoms with E-state index in [-0.39, 0.29) is 5.91 Å². The van der Waals surface area contributed by atoms with Gasteiger partial charge in [0.15, 0.2) is 0 Å². The van der Waals surface area contributed by atoms with Crippen molar-refractivity contribution in [2.75, 3.05) is 6.54 Å². The van der Waals surface area contributed by atoms with Crippen molar-refractivity contribution >= 4 is 51.6 Å². The van der Waals surface area contributed by atoms with Crippen LogP contribution in [0.3, 0.4) is 0 Å². The van der Waals surface area contributed by atoms with Crippen LogP contribution in [-0.2, 0) is 4.79 Å². The number of thiocarbonyl (C=S) groups is 1. The van der Waals surface area contributed by atoms with E-state index in [9.17, 15) is 4.79 Å². The van der Waals surface area contributed by atoms with Gasteiger partial charge < -0.3 is 0 Å². The number of unbranched alkanes of at least 4 members (excludes halogenated alkanes) is 3. The zero-order valence-corrected chi connectivity index (χ0v) is 19.2. The van der Waals surface area contributed by atoms with Crippen LogP contribution in [0.15, 0.2) is 58.9 Å². The summed E-state index contributed by atoms with van der Waals surface area (Å²) in [6, 6.07) is 14.1. The van der Waals surface area contributed by atoms with E-state index < -0.39 is 0 Å². The van der Waals surface area contributed by atoms with Crippen molar-refractivity contribution in [2.24, 2.45) is 0 Å². The van der Waals surface area contributed by atoms with E-state index in [0.29, 0.717) is 15.8 Å². The van der Waals surface area contributed by atoms with Crippen molar-refractivity contribution in [1.29, 1.82) is 0 Å². The molecular formula is C23H23N3OS3. The topological polar surface area (TPSA) is 38.1 Å². The van der Waals surface area contributed by atoms with Crippen LogP contribution in [0.2, 0.25) is 0 Å². The molecule has 1 saturated heterocycles. The number of aromatic nitrogens is 2. The number of thiophene rings is 1. The van der Waals surface area contributed by atoms with Crippen LogP contribution in [0.25, 0.3) is 22.3 Å². The molecule has 2 aromatic heterocycles.